The molecule has 0 bridgehead atoms. The topological polar surface area (TPSA) is 61.4 Å². The molecule has 6 nitrogen and oxygen atoms in total. The molecule has 0 aliphatic heterocycles. The average Bonchev–Trinajstić information content (AvgIpc) is 3.08. The smallest absolute Gasteiger partial charge is 0.0852 e. The van der Waals surface area contributed by atoms with Crippen molar-refractivity contribution in [1.29, 1.82) is 0 Å². The van der Waals surface area contributed by atoms with Crippen LogP contribution < -0.4 is 0 Å². The quantitative estimate of drug-likeness (QED) is 0.862. The lowest BCUT2D eigenvalue weighted by atomic mass is 10.2. The summed E-state index contributed by atoms with van der Waals surface area (Å²) in [6.45, 7) is 14.4. The van der Waals surface area contributed by atoms with Crippen molar-refractivity contribution >= 4 is 0 Å². The fourth-order valence-electron chi connectivity index (χ4n) is 1.46. The molecule has 0 aromatic carbocycles. The van der Waals surface area contributed by atoms with Crippen molar-refractivity contribution in [1.82, 2.24) is 30.0 Å². The minimum Gasteiger partial charge on any atom is -0.253 e. The summed E-state index contributed by atoms with van der Waals surface area (Å²) in [7, 11) is 0. The van der Waals surface area contributed by atoms with E-state index in [1.54, 1.807) is 0 Å². The van der Waals surface area contributed by atoms with Crippen LogP contribution in [0.3, 0.4) is 0 Å². The van der Waals surface area contributed by atoms with Crippen LogP contribution in [0, 0.1) is 0 Å². The Morgan fingerprint density at radius 2 is 1.15 bits per heavy atom. The molecule has 0 atom stereocenters. The van der Waals surface area contributed by atoms with E-state index in [9.17, 15) is 0 Å². The van der Waals surface area contributed by atoms with Crippen LogP contribution in [0.4, 0.5) is 0 Å². The highest BCUT2D eigenvalue weighted by Crippen LogP contribution is 2.09. The molecule has 2 aromatic rings. The SMILES string of the molecule is CCn1cc(C(C)C)nn1.CCn1cc(C(C)C)nn1. The van der Waals surface area contributed by atoms with E-state index in [-0.39, 0.29) is 0 Å². The third kappa shape index (κ3) is 4.75. The second-order valence-electron chi connectivity index (χ2n) is 5.31. The van der Waals surface area contributed by atoms with Gasteiger partial charge in [-0.15, -0.1) is 10.2 Å². The van der Waals surface area contributed by atoms with Crippen molar-refractivity contribution in [2.24, 2.45) is 0 Å². The maximum atomic E-state index is 4.00. The molecule has 0 saturated carbocycles. The van der Waals surface area contributed by atoms with Gasteiger partial charge in [-0.2, -0.15) is 0 Å². The zero-order chi connectivity index (χ0) is 15.1. The van der Waals surface area contributed by atoms with Gasteiger partial charge in [0, 0.05) is 25.5 Å². The number of aryl methyl sites for hydroxylation is 2. The van der Waals surface area contributed by atoms with E-state index in [4.69, 9.17) is 0 Å². The van der Waals surface area contributed by atoms with Crippen LogP contribution in [0.1, 0.15) is 64.8 Å². The summed E-state index contributed by atoms with van der Waals surface area (Å²) in [5.74, 6) is 0.973. The number of rotatable bonds is 4. The van der Waals surface area contributed by atoms with Crippen molar-refractivity contribution in [3.05, 3.63) is 23.8 Å². The number of hydrogen-bond donors (Lipinski definition) is 0. The third-order valence-corrected chi connectivity index (χ3v) is 2.94. The Morgan fingerprint density at radius 3 is 1.30 bits per heavy atom. The first-order chi connectivity index (χ1) is 9.47. The molecule has 0 radical (unpaired) electrons. The highest BCUT2D eigenvalue weighted by molar-refractivity contribution is 4.98. The number of aromatic nitrogens is 6. The highest BCUT2D eigenvalue weighted by Gasteiger charge is 2.03. The van der Waals surface area contributed by atoms with Crippen LogP contribution in [0.2, 0.25) is 0 Å². The molecule has 0 aliphatic carbocycles. The predicted octanol–water partition coefficient (Wildman–Crippen LogP) is 2.84. The molecule has 6 heteroatoms. The fourth-order valence-corrected chi connectivity index (χ4v) is 1.46. The van der Waals surface area contributed by atoms with E-state index in [2.05, 4.69) is 62.2 Å². The highest BCUT2D eigenvalue weighted by atomic mass is 15.4. The Kier molecular flexibility index (Phi) is 6.35. The van der Waals surface area contributed by atoms with Crippen molar-refractivity contribution < 1.29 is 0 Å². The summed E-state index contributed by atoms with van der Waals surface area (Å²) in [5.41, 5.74) is 2.14. The van der Waals surface area contributed by atoms with Crippen molar-refractivity contribution in [3.8, 4) is 0 Å². The van der Waals surface area contributed by atoms with Gasteiger partial charge in [-0.05, 0) is 25.7 Å². The standard InChI is InChI=1S/2C7H13N3/c2*1-4-10-5-7(6(2)3)8-9-10/h2*5-6H,4H2,1-3H3. The van der Waals surface area contributed by atoms with Gasteiger partial charge in [0.2, 0.25) is 0 Å². The third-order valence-electron chi connectivity index (χ3n) is 2.94. The van der Waals surface area contributed by atoms with E-state index in [1.807, 2.05) is 21.8 Å². The first kappa shape index (κ1) is 16.3. The maximum absolute atomic E-state index is 4.00. The number of nitrogens with zero attached hydrogens (tertiary/aromatic N) is 6. The summed E-state index contributed by atoms with van der Waals surface area (Å²) in [5, 5.41) is 15.8. The molecule has 0 saturated heterocycles. The molecule has 2 heterocycles. The maximum Gasteiger partial charge on any atom is 0.0852 e. The van der Waals surface area contributed by atoms with E-state index < -0.39 is 0 Å². The molecule has 0 fully saturated rings. The zero-order valence-corrected chi connectivity index (χ0v) is 13.4. The summed E-state index contributed by atoms with van der Waals surface area (Å²) >= 11 is 0. The van der Waals surface area contributed by atoms with Gasteiger partial charge in [-0.1, -0.05) is 38.1 Å². The normalized spacial score (nSPS) is 10.8. The van der Waals surface area contributed by atoms with Gasteiger partial charge in [0.25, 0.3) is 0 Å². The zero-order valence-electron chi connectivity index (χ0n) is 13.4. The first-order valence-corrected chi connectivity index (χ1v) is 7.27. The molecule has 0 unspecified atom stereocenters. The fraction of sp³-hybridized carbons (Fsp3) is 0.714. The predicted molar refractivity (Wildman–Crippen MR) is 79.6 cm³/mol. The Labute approximate surface area is 121 Å². The molecular formula is C14H26N6. The molecule has 0 aliphatic rings. The minimum absolute atomic E-state index is 0.486. The number of hydrogen-bond acceptors (Lipinski definition) is 4. The second-order valence-corrected chi connectivity index (χ2v) is 5.31. The largest absolute Gasteiger partial charge is 0.253 e. The van der Waals surface area contributed by atoms with E-state index in [0.717, 1.165) is 24.5 Å². The van der Waals surface area contributed by atoms with Gasteiger partial charge in [-0.25, -0.2) is 0 Å². The summed E-state index contributed by atoms with van der Waals surface area (Å²) in [6, 6.07) is 0. The lowest BCUT2D eigenvalue weighted by Gasteiger charge is -1.94. The Hall–Kier alpha value is -1.72. The van der Waals surface area contributed by atoms with Crippen LogP contribution in [-0.2, 0) is 13.1 Å². The molecule has 112 valence electrons. The molecule has 0 spiro atoms. The van der Waals surface area contributed by atoms with Crippen LogP contribution in [-0.4, -0.2) is 30.0 Å². The van der Waals surface area contributed by atoms with Gasteiger partial charge >= 0.3 is 0 Å². The lowest BCUT2D eigenvalue weighted by Crippen LogP contribution is -1.93. The van der Waals surface area contributed by atoms with E-state index >= 15 is 0 Å². The van der Waals surface area contributed by atoms with Crippen molar-refractivity contribution in [2.45, 2.75) is 66.5 Å². The average molecular weight is 278 g/mol. The summed E-state index contributed by atoms with van der Waals surface area (Å²) in [6.07, 6.45) is 3.98. The Bertz CT molecular complexity index is 451. The van der Waals surface area contributed by atoms with Crippen LogP contribution >= 0.6 is 0 Å². The van der Waals surface area contributed by atoms with Gasteiger partial charge in [-0.3, -0.25) is 9.36 Å². The molecule has 20 heavy (non-hydrogen) atoms. The summed E-state index contributed by atoms with van der Waals surface area (Å²) in [4.78, 5) is 0. The van der Waals surface area contributed by atoms with E-state index in [1.165, 1.54) is 0 Å². The molecule has 2 rings (SSSR count). The second kappa shape index (κ2) is 7.77. The molecule has 2 aromatic heterocycles. The van der Waals surface area contributed by atoms with Gasteiger partial charge in [0.15, 0.2) is 0 Å². The minimum atomic E-state index is 0.486. The van der Waals surface area contributed by atoms with Gasteiger partial charge < -0.3 is 0 Å². The first-order valence-electron chi connectivity index (χ1n) is 7.27. The summed E-state index contributed by atoms with van der Waals surface area (Å²) < 4.78 is 3.69. The van der Waals surface area contributed by atoms with E-state index in [0.29, 0.717) is 11.8 Å². The lowest BCUT2D eigenvalue weighted by molar-refractivity contribution is 0.626. The van der Waals surface area contributed by atoms with Crippen molar-refractivity contribution in [2.75, 3.05) is 0 Å². The van der Waals surface area contributed by atoms with Crippen LogP contribution in [0.5, 0.6) is 0 Å². The van der Waals surface area contributed by atoms with Gasteiger partial charge in [0.05, 0.1) is 11.4 Å². The molecule has 0 amide bonds. The van der Waals surface area contributed by atoms with Crippen LogP contribution in [0.25, 0.3) is 0 Å². The molecule has 0 N–H and O–H groups in total. The van der Waals surface area contributed by atoms with Gasteiger partial charge in [0.1, 0.15) is 0 Å². The van der Waals surface area contributed by atoms with Crippen LogP contribution in [0.15, 0.2) is 12.4 Å². The Morgan fingerprint density at radius 1 is 0.800 bits per heavy atom. The molecular weight excluding hydrogens is 252 g/mol. The Balaban J connectivity index is 0.000000200. The monoisotopic (exact) mass is 278 g/mol. The van der Waals surface area contributed by atoms with Crippen molar-refractivity contribution in [3.63, 3.8) is 0 Å².